The number of rotatable bonds is 7. The smallest absolute Gasteiger partial charge is 0.279 e. The molecule has 1 amide bonds. The van der Waals surface area contributed by atoms with Crippen LogP contribution in [-0.2, 0) is 11.3 Å². The van der Waals surface area contributed by atoms with E-state index in [0.717, 1.165) is 25.1 Å². The van der Waals surface area contributed by atoms with Crippen LogP contribution in [0.25, 0.3) is 0 Å². The van der Waals surface area contributed by atoms with E-state index in [-0.39, 0.29) is 11.7 Å². The molecule has 1 unspecified atom stereocenters. The number of amides is 1. The van der Waals surface area contributed by atoms with Crippen LogP contribution >= 0.6 is 0 Å². The van der Waals surface area contributed by atoms with Crippen molar-refractivity contribution in [3.63, 3.8) is 0 Å². The van der Waals surface area contributed by atoms with E-state index in [9.17, 15) is 9.18 Å². The van der Waals surface area contributed by atoms with Gasteiger partial charge in [-0.25, -0.2) is 4.39 Å². The lowest BCUT2D eigenvalue weighted by Crippen LogP contribution is -3.13. The Kier molecular flexibility index (Phi) is 5.11. The van der Waals surface area contributed by atoms with E-state index < -0.39 is 0 Å². The van der Waals surface area contributed by atoms with Crippen LogP contribution in [0.4, 0.5) is 10.1 Å². The van der Waals surface area contributed by atoms with Crippen molar-refractivity contribution in [2.24, 2.45) is 0 Å². The first kappa shape index (κ1) is 16.5. The molecule has 126 valence electrons. The van der Waals surface area contributed by atoms with Crippen molar-refractivity contribution in [2.75, 3.05) is 19.0 Å². The highest BCUT2D eigenvalue weighted by molar-refractivity contribution is 5.91. The molecule has 1 aliphatic rings. The summed E-state index contributed by atoms with van der Waals surface area (Å²) in [7, 11) is 1.65. The molecular formula is C19H22FN2O2+. The SMILES string of the molecule is COc1ccc(C[NH+](CC(=O)Nc2ccc(F)cc2)C2CC2)cc1. The largest absolute Gasteiger partial charge is 0.497 e. The molecule has 3 rings (SSSR count). The lowest BCUT2D eigenvalue weighted by Gasteiger charge is -2.19. The summed E-state index contributed by atoms with van der Waals surface area (Å²) >= 11 is 0. The maximum absolute atomic E-state index is 12.9. The maximum atomic E-state index is 12.9. The van der Waals surface area contributed by atoms with Gasteiger partial charge >= 0.3 is 0 Å². The fourth-order valence-corrected chi connectivity index (χ4v) is 2.79. The second-order valence-corrected chi connectivity index (χ2v) is 6.19. The van der Waals surface area contributed by atoms with Gasteiger partial charge < -0.3 is 15.0 Å². The standard InChI is InChI=1S/C19H21FN2O2/c1-24-18-10-2-14(3-11-18)12-22(17-8-9-17)13-19(23)21-16-6-4-15(20)5-7-16/h2-7,10-11,17H,8-9,12-13H2,1H3,(H,21,23)/p+1. The van der Waals surface area contributed by atoms with E-state index in [4.69, 9.17) is 4.74 Å². The molecule has 0 spiro atoms. The van der Waals surface area contributed by atoms with Gasteiger partial charge in [-0.15, -0.1) is 0 Å². The third kappa shape index (κ3) is 4.55. The molecule has 2 aromatic carbocycles. The summed E-state index contributed by atoms with van der Waals surface area (Å²) in [6.07, 6.45) is 2.32. The zero-order chi connectivity index (χ0) is 16.9. The first-order valence-corrected chi connectivity index (χ1v) is 8.17. The van der Waals surface area contributed by atoms with Crippen molar-refractivity contribution in [1.29, 1.82) is 0 Å². The van der Waals surface area contributed by atoms with Crippen LogP contribution in [0.1, 0.15) is 18.4 Å². The molecule has 0 bridgehead atoms. The minimum absolute atomic E-state index is 0.0444. The van der Waals surface area contributed by atoms with Gasteiger partial charge in [0.2, 0.25) is 0 Å². The number of carbonyl (C=O) groups is 1. The molecule has 1 aliphatic carbocycles. The number of quaternary nitrogens is 1. The number of carbonyl (C=O) groups excluding carboxylic acids is 1. The highest BCUT2D eigenvalue weighted by Crippen LogP contribution is 2.17. The number of anilines is 1. The average Bonchev–Trinajstić information content (AvgIpc) is 3.42. The number of halogens is 1. The molecule has 1 atom stereocenters. The first-order chi connectivity index (χ1) is 11.6. The van der Waals surface area contributed by atoms with E-state index in [2.05, 4.69) is 5.32 Å². The summed E-state index contributed by atoms with van der Waals surface area (Å²) < 4.78 is 18.1. The van der Waals surface area contributed by atoms with Gasteiger partial charge in [0.25, 0.3) is 5.91 Å². The van der Waals surface area contributed by atoms with Gasteiger partial charge in [0.05, 0.1) is 13.2 Å². The van der Waals surface area contributed by atoms with Crippen molar-refractivity contribution in [1.82, 2.24) is 0 Å². The predicted octanol–water partition coefficient (Wildman–Crippen LogP) is 2.02. The van der Waals surface area contributed by atoms with Crippen LogP contribution in [0.5, 0.6) is 5.75 Å². The summed E-state index contributed by atoms with van der Waals surface area (Å²) in [6, 6.07) is 14.4. The summed E-state index contributed by atoms with van der Waals surface area (Å²) in [5, 5.41) is 2.84. The van der Waals surface area contributed by atoms with Crippen LogP contribution in [0, 0.1) is 5.82 Å². The number of methoxy groups -OCH3 is 1. The van der Waals surface area contributed by atoms with Gasteiger partial charge in [-0.05, 0) is 48.5 Å². The monoisotopic (exact) mass is 329 g/mol. The van der Waals surface area contributed by atoms with Crippen LogP contribution in [0.3, 0.4) is 0 Å². The minimum atomic E-state index is -0.308. The number of benzene rings is 2. The lowest BCUT2D eigenvalue weighted by atomic mass is 10.2. The third-order valence-electron chi connectivity index (χ3n) is 4.26. The average molecular weight is 329 g/mol. The van der Waals surface area contributed by atoms with Gasteiger partial charge in [0.15, 0.2) is 6.54 Å². The Morgan fingerprint density at radius 1 is 1.17 bits per heavy atom. The van der Waals surface area contributed by atoms with Gasteiger partial charge in [0, 0.05) is 24.1 Å². The number of nitrogens with one attached hydrogen (secondary N) is 2. The van der Waals surface area contributed by atoms with E-state index in [1.165, 1.54) is 22.6 Å². The third-order valence-corrected chi connectivity index (χ3v) is 4.26. The van der Waals surface area contributed by atoms with E-state index in [0.29, 0.717) is 18.3 Å². The Bertz CT molecular complexity index is 682. The van der Waals surface area contributed by atoms with Gasteiger partial charge in [0.1, 0.15) is 18.1 Å². The Labute approximate surface area is 141 Å². The topological polar surface area (TPSA) is 42.8 Å². The Morgan fingerprint density at radius 3 is 2.42 bits per heavy atom. The molecule has 0 aromatic heterocycles. The molecule has 1 saturated carbocycles. The highest BCUT2D eigenvalue weighted by atomic mass is 19.1. The van der Waals surface area contributed by atoms with Crippen LogP contribution in [0.2, 0.25) is 0 Å². The summed E-state index contributed by atoms with van der Waals surface area (Å²) in [6.45, 7) is 1.22. The molecule has 0 aliphatic heterocycles. The van der Waals surface area contributed by atoms with Crippen molar-refractivity contribution in [3.8, 4) is 5.75 Å². The highest BCUT2D eigenvalue weighted by Gasteiger charge is 2.34. The second-order valence-electron chi connectivity index (χ2n) is 6.19. The molecule has 2 N–H and O–H groups in total. The fraction of sp³-hybridized carbons (Fsp3) is 0.316. The summed E-state index contributed by atoms with van der Waals surface area (Å²) in [5.41, 5.74) is 1.81. The molecule has 0 radical (unpaired) electrons. The summed E-state index contributed by atoms with van der Waals surface area (Å²) in [4.78, 5) is 13.5. The Balaban J connectivity index is 1.58. The molecule has 0 heterocycles. The normalized spacial score (nSPS) is 14.9. The molecule has 1 fully saturated rings. The second kappa shape index (κ2) is 7.45. The molecule has 5 heteroatoms. The fourth-order valence-electron chi connectivity index (χ4n) is 2.79. The zero-order valence-electron chi connectivity index (χ0n) is 13.7. The van der Waals surface area contributed by atoms with Gasteiger partial charge in [-0.2, -0.15) is 0 Å². The molecular weight excluding hydrogens is 307 g/mol. The quantitative estimate of drug-likeness (QED) is 0.816. The number of hydrogen-bond acceptors (Lipinski definition) is 2. The predicted molar refractivity (Wildman–Crippen MR) is 90.6 cm³/mol. The molecule has 2 aromatic rings. The van der Waals surface area contributed by atoms with Crippen molar-refractivity contribution < 1.29 is 18.8 Å². The van der Waals surface area contributed by atoms with E-state index in [1.54, 1.807) is 19.2 Å². The Morgan fingerprint density at radius 2 is 1.83 bits per heavy atom. The van der Waals surface area contributed by atoms with Crippen molar-refractivity contribution in [2.45, 2.75) is 25.4 Å². The van der Waals surface area contributed by atoms with Crippen molar-refractivity contribution in [3.05, 3.63) is 59.9 Å². The minimum Gasteiger partial charge on any atom is -0.497 e. The van der Waals surface area contributed by atoms with Gasteiger partial charge in [-0.3, -0.25) is 4.79 Å². The van der Waals surface area contributed by atoms with Gasteiger partial charge in [-0.1, -0.05) is 0 Å². The Hall–Kier alpha value is -2.40. The molecule has 0 saturated heterocycles. The van der Waals surface area contributed by atoms with E-state index in [1.807, 2.05) is 24.3 Å². The first-order valence-electron chi connectivity index (χ1n) is 8.17. The van der Waals surface area contributed by atoms with Crippen LogP contribution in [0.15, 0.2) is 48.5 Å². The zero-order valence-corrected chi connectivity index (χ0v) is 13.7. The summed E-state index contributed by atoms with van der Waals surface area (Å²) in [5.74, 6) is 0.482. The lowest BCUT2D eigenvalue weighted by molar-refractivity contribution is -0.916. The molecule has 24 heavy (non-hydrogen) atoms. The van der Waals surface area contributed by atoms with E-state index >= 15 is 0 Å². The van der Waals surface area contributed by atoms with Crippen LogP contribution in [-0.4, -0.2) is 25.6 Å². The van der Waals surface area contributed by atoms with Crippen molar-refractivity contribution >= 4 is 11.6 Å². The molecule has 4 nitrogen and oxygen atoms in total. The van der Waals surface area contributed by atoms with Crippen LogP contribution < -0.4 is 15.0 Å². The maximum Gasteiger partial charge on any atom is 0.279 e. The number of ether oxygens (including phenoxy) is 1. The number of hydrogen-bond donors (Lipinski definition) is 2.